The molecule has 17 heavy (non-hydrogen) atoms. The maximum atomic E-state index is 3.42. The zero-order valence-corrected chi connectivity index (χ0v) is 10.9. The zero-order chi connectivity index (χ0) is 11.7. The van der Waals surface area contributed by atoms with E-state index in [1.165, 1.54) is 29.7 Å². The Morgan fingerprint density at radius 1 is 1.18 bits per heavy atom. The highest BCUT2D eigenvalue weighted by Crippen LogP contribution is 2.30. The molecule has 0 radical (unpaired) electrons. The Morgan fingerprint density at radius 3 is 2.82 bits per heavy atom. The summed E-state index contributed by atoms with van der Waals surface area (Å²) < 4.78 is 0. The van der Waals surface area contributed by atoms with E-state index in [1.54, 1.807) is 11.1 Å². The number of nitrogens with one attached hydrogen (secondary N) is 1. The Labute approximate surface area is 106 Å². The molecule has 2 heteroatoms. The maximum Gasteiger partial charge on any atom is 0.0668 e. The van der Waals surface area contributed by atoms with E-state index in [9.17, 15) is 0 Å². The summed E-state index contributed by atoms with van der Waals surface area (Å²) in [6, 6.07) is 11.7. The van der Waals surface area contributed by atoms with Crippen LogP contribution in [-0.4, -0.2) is 7.05 Å². The van der Waals surface area contributed by atoms with Crippen molar-refractivity contribution in [2.45, 2.75) is 25.3 Å². The van der Waals surface area contributed by atoms with Crippen molar-refractivity contribution in [3.05, 3.63) is 57.3 Å². The molecule has 1 aliphatic rings. The molecule has 1 nitrogen and oxygen atoms in total. The smallest absolute Gasteiger partial charge is 0.0668 e. The fraction of sp³-hybridized carbons (Fsp3) is 0.333. The molecule has 88 valence electrons. The number of fused-ring (bicyclic) bond motifs is 1. The molecule has 1 heterocycles. The van der Waals surface area contributed by atoms with Crippen LogP contribution in [0.4, 0.5) is 0 Å². The third-order valence-electron chi connectivity index (χ3n) is 3.57. The van der Waals surface area contributed by atoms with Crippen molar-refractivity contribution in [1.29, 1.82) is 0 Å². The summed E-state index contributed by atoms with van der Waals surface area (Å²) in [4.78, 5) is 1.39. The van der Waals surface area contributed by atoms with Gasteiger partial charge in [0.15, 0.2) is 0 Å². The first-order valence-electron chi connectivity index (χ1n) is 6.21. The average Bonchev–Trinajstić information content (AvgIpc) is 2.99. The molecule has 1 aliphatic carbocycles. The van der Waals surface area contributed by atoms with Gasteiger partial charge < -0.3 is 5.32 Å². The van der Waals surface area contributed by atoms with E-state index < -0.39 is 0 Å². The van der Waals surface area contributed by atoms with Crippen LogP contribution < -0.4 is 5.32 Å². The van der Waals surface area contributed by atoms with Crippen molar-refractivity contribution in [3.8, 4) is 0 Å². The summed E-state index contributed by atoms with van der Waals surface area (Å²) in [7, 11) is 2.04. The van der Waals surface area contributed by atoms with E-state index >= 15 is 0 Å². The van der Waals surface area contributed by atoms with Gasteiger partial charge in [-0.3, -0.25) is 0 Å². The summed E-state index contributed by atoms with van der Waals surface area (Å²) in [6.45, 7) is 0. The van der Waals surface area contributed by atoms with Crippen molar-refractivity contribution in [2.75, 3.05) is 7.05 Å². The lowest BCUT2D eigenvalue weighted by molar-refractivity contribution is 0.703. The Hall–Kier alpha value is -1.12. The molecule has 1 aromatic carbocycles. The van der Waals surface area contributed by atoms with Crippen LogP contribution in [0, 0.1) is 0 Å². The standard InChI is InChI=1S/C15H17NS/c1-16-15(14-6-3-9-17-14)13-8-7-11-4-2-5-12(11)10-13/h3,6-10,15-16H,2,4-5H2,1H3. The summed E-state index contributed by atoms with van der Waals surface area (Å²) in [5, 5.41) is 5.57. The van der Waals surface area contributed by atoms with Gasteiger partial charge in [-0.15, -0.1) is 11.3 Å². The van der Waals surface area contributed by atoms with E-state index in [4.69, 9.17) is 0 Å². The van der Waals surface area contributed by atoms with Gasteiger partial charge in [0.05, 0.1) is 6.04 Å². The van der Waals surface area contributed by atoms with Gasteiger partial charge in [0.1, 0.15) is 0 Å². The fourth-order valence-electron chi connectivity index (χ4n) is 2.70. The minimum atomic E-state index is 0.348. The molecule has 1 aromatic heterocycles. The van der Waals surface area contributed by atoms with Crippen LogP contribution in [-0.2, 0) is 12.8 Å². The fourth-order valence-corrected chi connectivity index (χ4v) is 3.56. The van der Waals surface area contributed by atoms with Crippen LogP contribution in [0.2, 0.25) is 0 Å². The van der Waals surface area contributed by atoms with Crippen LogP contribution >= 0.6 is 11.3 Å². The monoisotopic (exact) mass is 243 g/mol. The molecule has 0 spiro atoms. The van der Waals surface area contributed by atoms with Crippen molar-refractivity contribution >= 4 is 11.3 Å². The number of aryl methyl sites for hydroxylation is 2. The molecule has 0 saturated carbocycles. The Kier molecular flexibility index (Phi) is 3.00. The molecule has 3 rings (SSSR count). The quantitative estimate of drug-likeness (QED) is 0.869. The molecule has 1 unspecified atom stereocenters. The molecule has 0 amide bonds. The molecule has 2 aromatic rings. The highest BCUT2D eigenvalue weighted by Gasteiger charge is 2.16. The molecule has 0 saturated heterocycles. The topological polar surface area (TPSA) is 12.0 Å². The zero-order valence-electron chi connectivity index (χ0n) is 10.1. The summed E-state index contributed by atoms with van der Waals surface area (Å²) >= 11 is 1.82. The molecular formula is C15H17NS. The predicted octanol–water partition coefficient (Wildman–Crippen LogP) is 3.55. The highest BCUT2D eigenvalue weighted by molar-refractivity contribution is 7.10. The predicted molar refractivity (Wildman–Crippen MR) is 73.7 cm³/mol. The van der Waals surface area contributed by atoms with E-state index in [1.807, 2.05) is 18.4 Å². The van der Waals surface area contributed by atoms with Gasteiger partial charge in [0, 0.05) is 4.88 Å². The Bertz CT molecular complexity index is 502. The second kappa shape index (κ2) is 4.63. The van der Waals surface area contributed by atoms with Crippen LogP contribution in [0.1, 0.15) is 34.0 Å². The number of thiophene rings is 1. The maximum absolute atomic E-state index is 3.42. The lowest BCUT2D eigenvalue weighted by atomic mass is 10.0. The second-order valence-electron chi connectivity index (χ2n) is 4.62. The van der Waals surface area contributed by atoms with Gasteiger partial charge in [0.25, 0.3) is 0 Å². The Balaban J connectivity index is 1.97. The van der Waals surface area contributed by atoms with E-state index in [0.717, 1.165) is 0 Å². The van der Waals surface area contributed by atoms with Crippen molar-refractivity contribution in [1.82, 2.24) is 5.32 Å². The second-order valence-corrected chi connectivity index (χ2v) is 5.60. The SMILES string of the molecule is CNC(c1ccc2c(c1)CCC2)c1cccs1. The van der Waals surface area contributed by atoms with Crippen molar-refractivity contribution in [2.24, 2.45) is 0 Å². The molecule has 0 fully saturated rings. The lowest BCUT2D eigenvalue weighted by Crippen LogP contribution is -2.16. The van der Waals surface area contributed by atoms with Gasteiger partial charge in [-0.1, -0.05) is 24.3 Å². The number of hydrogen-bond donors (Lipinski definition) is 1. The largest absolute Gasteiger partial charge is 0.309 e. The number of benzene rings is 1. The van der Waals surface area contributed by atoms with Crippen LogP contribution in [0.25, 0.3) is 0 Å². The molecule has 1 atom stereocenters. The van der Waals surface area contributed by atoms with Crippen LogP contribution in [0.5, 0.6) is 0 Å². The van der Waals surface area contributed by atoms with Gasteiger partial charge >= 0.3 is 0 Å². The summed E-state index contributed by atoms with van der Waals surface area (Å²) in [6.07, 6.45) is 3.84. The van der Waals surface area contributed by atoms with Gasteiger partial charge in [-0.2, -0.15) is 0 Å². The molecule has 1 N–H and O–H groups in total. The molecule has 0 aliphatic heterocycles. The first-order valence-corrected chi connectivity index (χ1v) is 7.09. The number of rotatable bonds is 3. The Morgan fingerprint density at radius 2 is 2.06 bits per heavy atom. The third-order valence-corrected chi connectivity index (χ3v) is 4.51. The molecular weight excluding hydrogens is 226 g/mol. The molecule has 0 bridgehead atoms. The first kappa shape index (κ1) is 11.0. The van der Waals surface area contributed by atoms with Crippen LogP contribution in [0.3, 0.4) is 0 Å². The minimum Gasteiger partial charge on any atom is -0.309 e. The summed E-state index contributed by atoms with van der Waals surface area (Å²) in [5.74, 6) is 0. The van der Waals surface area contributed by atoms with Gasteiger partial charge in [-0.05, 0) is 54.4 Å². The van der Waals surface area contributed by atoms with Gasteiger partial charge in [-0.25, -0.2) is 0 Å². The summed E-state index contributed by atoms with van der Waals surface area (Å²) in [5.41, 5.74) is 4.50. The number of hydrogen-bond acceptors (Lipinski definition) is 2. The van der Waals surface area contributed by atoms with E-state index in [2.05, 4.69) is 41.0 Å². The first-order chi connectivity index (χ1) is 8.38. The van der Waals surface area contributed by atoms with Crippen molar-refractivity contribution in [3.63, 3.8) is 0 Å². The van der Waals surface area contributed by atoms with E-state index in [0.29, 0.717) is 6.04 Å². The third kappa shape index (κ3) is 2.03. The van der Waals surface area contributed by atoms with E-state index in [-0.39, 0.29) is 0 Å². The highest BCUT2D eigenvalue weighted by atomic mass is 32.1. The van der Waals surface area contributed by atoms with Gasteiger partial charge in [0.2, 0.25) is 0 Å². The lowest BCUT2D eigenvalue weighted by Gasteiger charge is -2.16. The van der Waals surface area contributed by atoms with Crippen molar-refractivity contribution < 1.29 is 0 Å². The van der Waals surface area contributed by atoms with Crippen LogP contribution in [0.15, 0.2) is 35.7 Å². The normalized spacial score (nSPS) is 15.8. The average molecular weight is 243 g/mol. The minimum absolute atomic E-state index is 0.348.